The Morgan fingerprint density at radius 2 is 2.00 bits per heavy atom. The van der Waals surface area contributed by atoms with Crippen LogP contribution in [-0.4, -0.2) is 13.4 Å². The summed E-state index contributed by atoms with van der Waals surface area (Å²) >= 11 is 6.68. The van der Waals surface area contributed by atoms with Gasteiger partial charge in [-0.05, 0) is 24.3 Å². The van der Waals surface area contributed by atoms with Gasteiger partial charge in [0.25, 0.3) is 10.0 Å². The summed E-state index contributed by atoms with van der Waals surface area (Å²) in [4.78, 5) is 3.88. The van der Waals surface area contributed by atoms with Crippen LogP contribution in [0.15, 0.2) is 40.7 Å². The van der Waals surface area contributed by atoms with Crippen molar-refractivity contribution < 1.29 is 8.42 Å². The molecule has 4 nitrogen and oxygen atoms in total. The number of thiophene rings is 1. The molecule has 0 aliphatic rings. The first kappa shape index (κ1) is 14.2. The molecule has 0 radical (unpaired) electrons. The number of halogens is 2. The maximum absolute atomic E-state index is 11.8. The number of hydrogen-bond acceptors (Lipinski definition) is 4. The number of anilines is 1. The minimum Gasteiger partial charge on any atom is -0.263 e. The maximum atomic E-state index is 11.8. The van der Waals surface area contributed by atoms with Crippen molar-refractivity contribution in [3.63, 3.8) is 0 Å². The van der Waals surface area contributed by atoms with Crippen molar-refractivity contribution >= 4 is 51.2 Å². The molecular weight excluding hydrogens is 303 g/mol. The number of pyridine rings is 1. The SMILES string of the molecule is Cl.O=S(=O)(Nc1ccccn1)c1ccc(Cl)s1. The van der Waals surface area contributed by atoms with Gasteiger partial charge in [-0.25, -0.2) is 13.4 Å². The van der Waals surface area contributed by atoms with Crippen molar-refractivity contribution in [2.45, 2.75) is 4.21 Å². The molecule has 17 heavy (non-hydrogen) atoms. The van der Waals surface area contributed by atoms with Gasteiger partial charge in [0.1, 0.15) is 10.0 Å². The molecule has 2 aromatic heterocycles. The van der Waals surface area contributed by atoms with Crippen molar-refractivity contribution in [2.75, 3.05) is 4.72 Å². The molecule has 0 bridgehead atoms. The normalized spacial score (nSPS) is 10.6. The second-order valence-electron chi connectivity index (χ2n) is 2.88. The van der Waals surface area contributed by atoms with Gasteiger partial charge in [0.05, 0.1) is 4.34 Å². The molecule has 92 valence electrons. The van der Waals surface area contributed by atoms with Crippen LogP contribution in [-0.2, 0) is 10.0 Å². The van der Waals surface area contributed by atoms with E-state index in [2.05, 4.69) is 9.71 Å². The number of nitrogens with zero attached hydrogens (tertiary/aromatic N) is 1. The van der Waals surface area contributed by atoms with Gasteiger partial charge in [-0.1, -0.05) is 17.7 Å². The zero-order chi connectivity index (χ0) is 11.6. The molecular formula is C9H8Cl2N2O2S2. The first-order valence-corrected chi connectivity index (χ1v) is 6.95. The van der Waals surface area contributed by atoms with E-state index in [9.17, 15) is 8.42 Å². The lowest BCUT2D eigenvalue weighted by molar-refractivity contribution is 0.603. The van der Waals surface area contributed by atoms with Gasteiger partial charge in [0, 0.05) is 6.20 Å². The molecule has 0 aliphatic heterocycles. The van der Waals surface area contributed by atoms with Crippen molar-refractivity contribution in [3.8, 4) is 0 Å². The van der Waals surface area contributed by atoms with Gasteiger partial charge in [-0.2, -0.15) is 0 Å². The number of rotatable bonds is 3. The lowest BCUT2D eigenvalue weighted by Crippen LogP contribution is -2.12. The van der Waals surface area contributed by atoms with Crippen LogP contribution < -0.4 is 4.72 Å². The molecule has 0 spiro atoms. The van der Waals surface area contributed by atoms with E-state index >= 15 is 0 Å². The molecule has 2 rings (SSSR count). The molecule has 0 fully saturated rings. The van der Waals surface area contributed by atoms with Crippen LogP contribution in [0.1, 0.15) is 0 Å². The first-order chi connectivity index (χ1) is 7.58. The Hall–Kier alpha value is -0.820. The second-order valence-corrected chi connectivity index (χ2v) is 6.50. The summed E-state index contributed by atoms with van der Waals surface area (Å²) in [5, 5.41) is 0. The lowest BCUT2D eigenvalue weighted by atomic mass is 10.5. The molecule has 2 aromatic rings. The van der Waals surface area contributed by atoms with Crippen LogP contribution in [0.5, 0.6) is 0 Å². The van der Waals surface area contributed by atoms with E-state index in [0.29, 0.717) is 4.34 Å². The van der Waals surface area contributed by atoms with Crippen LogP contribution >= 0.6 is 35.3 Å². The minimum atomic E-state index is -3.57. The lowest BCUT2D eigenvalue weighted by Gasteiger charge is -2.03. The predicted molar refractivity (Wildman–Crippen MR) is 71.6 cm³/mol. The standard InChI is InChI=1S/C9H7ClN2O2S2.ClH/c10-7-4-5-9(15-7)16(13,14)12-8-3-1-2-6-11-8;/h1-6H,(H,11,12);1H. The van der Waals surface area contributed by atoms with Gasteiger partial charge >= 0.3 is 0 Å². The topological polar surface area (TPSA) is 59.1 Å². The maximum Gasteiger partial charge on any atom is 0.272 e. The Labute approximate surface area is 114 Å². The highest BCUT2D eigenvalue weighted by Crippen LogP contribution is 2.26. The molecule has 0 aromatic carbocycles. The summed E-state index contributed by atoms with van der Waals surface area (Å²) in [6, 6.07) is 7.98. The highest BCUT2D eigenvalue weighted by molar-refractivity contribution is 7.94. The number of aromatic nitrogens is 1. The van der Waals surface area contributed by atoms with Gasteiger partial charge in [-0.15, -0.1) is 23.7 Å². The van der Waals surface area contributed by atoms with E-state index < -0.39 is 10.0 Å². The first-order valence-electron chi connectivity index (χ1n) is 4.27. The minimum absolute atomic E-state index is 0. The average Bonchev–Trinajstić information content (AvgIpc) is 2.66. The zero-order valence-corrected chi connectivity index (χ0v) is 11.5. The predicted octanol–water partition coefficient (Wildman–Crippen LogP) is 3.02. The van der Waals surface area contributed by atoms with E-state index in [1.807, 2.05) is 0 Å². The quantitative estimate of drug-likeness (QED) is 0.948. The Morgan fingerprint density at radius 1 is 1.24 bits per heavy atom. The third kappa shape index (κ3) is 3.57. The van der Waals surface area contributed by atoms with Crippen molar-refractivity contribution in [2.24, 2.45) is 0 Å². The second kappa shape index (κ2) is 5.68. The zero-order valence-electron chi connectivity index (χ0n) is 8.33. The highest BCUT2D eigenvalue weighted by atomic mass is 35.5. The fourth-order valence-corrected chi connectivity index (χ4v) is 3.54. The van der Waals surface area contributed by atoms with Crippen LogP contribution in [0.2, 0.25) is 4.34 Å². The van der Waals surface area contributed by atoms with Gasteiger partial charge < -0.3 is 0 Å². The molecule has 8 heteroatoms. The van der Waals surface area contributed by atoms with Gasteiger partial charge in [-0.3, -0.25) is 4.72 Å². The summed E-state index contributed by atoms with van der Waals surface area (Å²) in [5.74, 6) is 0.284. The van der Waals surface area contributed by atoms with Crippen LogP contribution in [0.4, 0.5) is 5.82 Å². The summed E-state index contributed by atoms with van der Waals surface area (Å²) < 4.78 is 26.6. The molecule has 0 saturated heterocycles. The average molecular weight is 311 g/mol. The van der Waals surface area contributed by atoms with Gasteiger partial charge in [0.15, 0.2) is 0 Å². The van der Waals surface area contributed by atoms with E-state index in [-0.39, 0.29) is 22.4 Å². The van der Waals surface area contributed by atoms with E-state index in [1.165, 1.54) is 12.3 Å². The highest BCUT2D eigenvalue weighted by Gasteiger charge is 2.16. The molecule has 0 unspecified atom stereocenters. The van der Waals surface area contributed by atoms with Gasteiger partial charge in [0.2, 0.25) is 0 Å². The molecule has 0 amide bonds. The third-order valence-corrected chi connectivity index (χ3v) is 4.79. The summed E-state index contributed by atoms with van der Waals surface area (Å²) in [6.07, 6.45) is 1.51. The number of hydrogen-bond donors (Lipinski definition) is 1. The largest absolute Gasteiger partial charge is 0.272 e. The van der Waals surface area contributed by atoms with Crippen LogP contribution in [0.25, 0.3) is 0 Å². The Kier molecular flexibility index (Phi) is 4.76. The van der Waals surface area contributed by atoms with Crippen molar-refractivity contribution in [1.29, 1.82) is 0 Å². The monoisotopic (exact) mass is 310 g/mol. The summed E-state index contributed by atoms with van der Waals surface area (Å²) in [5.41, 5.74) is 0. The molecule has 0 atom stereocenters. The summed E-state index contributed by atoms with van der Waals surface area (Å²) in [6.45, 7) is 0. The Balaban J connectivity index is 0.00000144. The van der Waals surface area contributed by atoms with Crippen molar-refractivity contribution in [1.82, 2.24) is 4.98 Å². The van der Waals surface area contributed by atoms with E-state index in [4.69, 9.17) is 11.6 Å². The van der Waals surface area contributed by atoms with Crippen molar-refractivity contribution in [3.05, 3.63) is 40.9 Å². The molecule has 1 N–H and O–H groups in total. The fourth-order valence-electron chi connectivity index (χ4n) is 1.05. The molecule has 2 heterocycles. The Bertz CT molecular complexity index is 584. The molecule has 0 saturated carbocycles. The van der Waals surface area contributed by atoms with E-state index in [1.54, 1.807) is 24.3 Å². The van der Waals surface area contributed by atoms with Crippen LogP contribution in [0, 0.1) is 0 Å². The Morgan fingerprint density at radius 3 is 2.53 bits per heavy atom. The van der Waals surface area contributed by atoms with E-state index in [0.717, 1.165) is 11.3 Å². The number of sulfonamides is 1. The third-order valence-electron chi connectivity index (χ3n) is 1.72. The molecule has 0 aliphatic carbocycles. The fraction of sp³-hybridized carbons (Fsp3) is 0. The number of nitrogens with one attached hydrogen (secondary N) is 1. The van der Waals surface area contributed by atoms with Crippen LogP contribution in [0.3, 0.4) is 0 Å². The summed E-state index contributed by atoms with van der Waals surface area (Å²) in [7, 11) is -3.57. The smallest absolute Gasteiger partial charge is 0.263 e.